The van der Waals surface area contributed by atoms with E-state index in [0.29, 0.717) is 26.2 Å². The highest BCUT2D eigenvalue weighted by atomic mass is 16.5. The fourth-order valence-electron chi connectivity index (χ4n) is 0.634. The Bertz CT molecular complexity index is 155. The molecule has 12 heavy (non-hydrogen) atoms. The summed E-state index contributed by atoms with van der Waals surface area (Å²) < 4.78 is 5.18. The molecule has 0 saturated heterocycles. The second-order valence-electron chi connectivity index (χ2n) is 2.71. The molecule has 0 fully saturated rings. The molecule has 3 nitrogen and oxygen atoms in total. The molecule has 0 spiro atoms. The second kappa shape index (κ2) is 6.85. The van der Waals surface area contributed by atoms with Crippen LogP contribution in [0.1, 0.15) is 20.3 Å². The number of hydrogen-bond donors (Lipinski definition) is 1. The van der Waals surface area contributed by atoms with Crippen molar-refractivity contribution < 1.29 is 9.53 Å². The molecule has 1 amide bonds. The molecule has 0 aromatic carbocycles. The van der Waals surface area contributed by atoms with Crippen LogP contribution in [0.5, 0.6) is 0 Å². The van der Waals surface area contributed by atoms with Crippen LogP contribution < -0.4 is 5.32 Å². The minimum Gasteiger partial charge on any atom is -0.375 e. The highest BCUT2D eigenvalue weighted by Gasteiger charge is 1.94. The average Bonchev–Trinajstić information content (AvgIpc) is 2.03. The number of carbonyl (C=O) groups excluding carboxylic acids is 1. The van der Waals surface area contributed by atoms with E-state index in [-0.39, 0.29) is 5.91 Å². The maximum Gasteiger partial charge on any atom is 0.219 e. The van der Waals surface area contributed by atoms with Crippen molar-refractivity contribution in [2.45, 2.75) is 20.3 Å². The van der Waals surface area contributed by atoms with E-state index >= 15 is 0 Å². The predicted octanol–water partition coefficient (Wildman–Crippen LogP) is 1.11. The Hall–Kier alpha value is -0.830. The van der Waals surface area contributed by atoms with Crippen molar-refractivity contribution in [2.24, 2.45) is 0 Å². The van der Waals surface area contributed by atoms with Gasteiger partial charge in [0, 0.05) is 13.0 Å². The Labute approximate surface area is 73.8 Å². The first-order valence-corrected chi connectivity index (χ1v) is 4.15. The quantitative estimate of drug-likeness (QED) is 0.480. The number of nitrogens with one attached hydrogen (secondary N) is 1. The SMILES string of the molecule is C=C(C)COCCNC(=O)CC. The Kier molecular flexibility index (Phi) is 6.38. The Balaban J connectivity index is 3.11. The smallest absolute Gasteiger partial charge is 0.219 e. The fraction of sp³-hybridized carbons (Fsp3) is 0.667. The van der Waals surface area contributed by atoms with Gasteiger partial charge in [0.25, 0.3) is 0 Å². The van der Waals surface area contributed by atoms with Crippen LogP contribution in [-0.4, -0.2) is 25.7 Å². The maximum absolute atomic E-state index is 10.7. The van der Waals surface area contributed by atoms with Crippen LogP contribution in [0.4, 0.5) is 0 Å². The second-order valence-corrected chi connectivity index (χ2v) is 2.71. The summed E-state index contributed by atoms with van der Waals surface area (Å²) in [7, 11) is 0. The van der Waals surface area contributed by atoms with E-state index in [4.69, 9.17) is 4.74 Å². The van der Waals surface area contributed by atoms with Crippen molar-refractivity contribution in [3.63, 3.8) is 0 Å². The normalized spacial score (nSPS) is 9.50. The van der Waals surface area contributed by atoms with Crippen LogP contribution in [0.15, 0.2) is 12.2 Å². The van der Waals surface area contributed by atoms with Gasteiger partial charge in [-0.2, -0.15) is 0 Å². The summed E-state index contributed by atoms with van der Waals surface area (Å²) in [5, 5.41) is 2.71. The first-order chi connectivity index (χ1) is 5.66. The van der Waals surface area contributed by atoms with E-state index in [0.717, 1.165) is 5.57 Å². The van der Waals surface area contributed by atoms with Crippen LogP contribution in [-0.2, 0) is 9.53 Å². The molecule has 0 heterocycles. The molecule has 0 aromatic rings. The first kappa shape index (κ1) is 11.2. The van der Waals surface area contributed by atoms with Gasteiger partial charge in [-0.1, -0.05) is 19.1 Å². The third-order valence-corrected chi connectivity index (χ3v) is 1.24. The van der Waals surface area contributed by atoms with Crippen LogP contribution >= 0.6 is 0 Å². The van der Waals surface area contributed by atoms with Crippen LogP contribution in [0.2, 0.25) is 0 Å². The van der Waals surface area contributed by atoms with Gasteiger partial charge >= 0.3 is 0 Å². The van der Waals surface area contributed by atoms with E-state index in [1.165, 1.54) is 0 Å². The van der Waals surface area contributed by atoms with Crippen molar-refractivity contribution in [1.29, 1.82) is 0 Å². The molecule has 0 atom stereocenters. The van der Waals surface area contributed by atoms with Gasteiger partial charge in [0.15, 0.2) is 0 Å². The molecule has 70 valence electrons. The molecule has 0 aliphatic rings. The summed E-state index contributed by atoms with van der Waals surface area (Å²) in [6.45, 7) is 9.13. The Morgan fingerprint density at radius 1 is 1.58 bits per heavy atom. The lowest BCUT2D eigenvalue weighted by Gasteiger charge is -2.04. The number of ether oxygens (including phenoxy) is 1. The van der Waals surface area contributed by atoms with E-state index in [2.05, 4.69) is 11.9 Å². The van der Waals surface area contributed by atoms with Gasteiger partial charge in [-0.05, 0) is 6.92 Å². The highest BCUT2D eigenvalue weighted by Crippen LogP contribution is 1.86. The zero-order chi connectivity index (χ0) is 9.40. The van der Waals surface area contributed by atoms with E-state index in [9.17, 15) is 4.79 Å². The van der Waals surface area contributed by atoms with Gasteiger partial charge in [0.2, 0.25) is 5.91 Å². The van der Waals surface area contributed by atoms with Crippen molar-refractivity contribution in [1.82, 2.24) is 5.32 Å². The Morgan fingerprint density at radius 2 is 2.25 bits per heavy atom. The van der Waals surface area contributed by atoms with Crippen molar-refractivity contribution in [3.8, 4) is 0 Å². The number of rotatable bonds is 6. The lowest BCUT2D eigenvalue weighted by atomic mass is 10.4. The van der Waals surface area contributed by atoms with E-state index in [1.54, 1.807) is 0 Å². The third kappa shape index (κ3) is 7.28. The fourth-order valence-corrected chi connectivity index (χ4v) is 0.634. The minimum atomic E-state index is 0.0638. The molecule has 0 aliphatic heterocycles. The third-order valence-electron chi connectivity index (χ3n) is 1.24. The summed E-state index contributed by atoms with van der Waals surface area (Å²) in [5.74, 6) is 0.0638. The zero-order valence-corrected chi connectivity index (χ0v) is 7.85. The summed E-state index contributed by atoms with van der Waals surface area (Å²) in [6.07, 6.45) is 0.528. The Morgan fingerprint density at radius 3 is 2.75 bits per heavy atom. The minimum absolute atomic E-state index is 0.0638. The van der Waals surface area contributed by atoms with Crippen LogP contribution in [0.3, 0.4) is 0 Å². The van der Waals surface area contributed by atoms with Crippen LogP contribution in [0, 0.1) is 0 Å². The van der Waals surface area contributed by atoms with Gasteiger partial charge in [-0.25, -0.2) is 0 Å². The molecule has 0 unspecified atom stereocenters. The van der Waals surface area contributed by atoms with Crippen molar-refractivity contribution in [2.75, 3.05) is 19.8 Å². The maximum atomic E-state index is 10.7. The molecule has 0 radical (unpaired) electrons. The number of amides is 1. The standard InChI is InChI=1S/C9H17NO2/c1-4-9(11)10-5-6-12-7-8(2)3/h2,4-7H2,1,3H3,(H,10,11). The van der Waals surface area contributed by atoms with E-state index in [1.807, 2.05) is 13.8 Å². The van der Waals surface area contributed by atoms with Gasteiger partial charge in [-0.15, -0.1) is 0 Å². The van der Waals surface area contributed by atoms with Crippen molar-refractivity contribution in [3.05, 3.63) is 12.2 Å². The molecule has 3 heteroatoms. The first-order valence-electron chi connectivity index (χ1n) is 4.15. The molecular weight excluding hydrogens is 154 g/mol. The molecule has 1 N–H and O–H groups in total. The molecule has 0 bridgehead atoms. The molecule has 0 aliphatic carbocycles. The van der Waals surface area contributed by atoms with Gasteiger partial charge in [0.05, 0.1) is 13.2 Å². The summed E-state index contributed by atoms with van der Waals surface area (Å²) in [6, 6.07) is 0. The topological polar surface area (TPSA) is 38.3 Å². The van der Waals surface area contributed by atoms with Gasteiger partial charge in [-0.3, -0.25) is 4.79 Å². The zero-order valence-electron chi connectivity index (χ0n) is 7.85. The summed E-state index contributed by atoms with van der Waals surface area (Å²) in [5.41, 5.74) is 0.997. The van der Waals surface area contributed by atoms with Gasteiger partial charge in [0.1, 0.15) is 0 Å². The largest absolute Gasteiger partial charge is 0.375 e. The van der Waals surface area contributed by atoms with Crippen molar-refractivity contribution >= 4 is 5.91 Å². The summed E-state index contributed by atoms with van der Waals surface area (Å²) >= 11 is 0. The molecular formula is C9H17NO2. The number of carbonyl (C=O) groups is 1. The lowest BCUT2D eigenvalue weighted by molar-refractivity contribution is -0.120. The molecule has 0 aromatic heterocycles. The molecule has 0 rings (SSSR count). The summed E-state index contributed by atoms with van der Waals surface area (Å²) in [4.78, 5) is 10.7. The van der Waals surface area contributed by atoms with Crippen LogP contribution in [0.25, 0.3) is 0 Å². The molecule has 0 saturated carbocycles. The van der Waals surface area contributed by atoms with E-state index < -0.39 is 0 Å². The lowest BCUT2D eigenvalue weighted by Crippen LogP contribution is -2.26. The highest BCUT2D eigenvalue weighted by molar-refractivity contribution is 5.75. The monoisotopic (exact) mass is 171 g/mol. The number of hydrogen-bond acceptors (Lipinski definition) is 2. The average molecular weight is 171 g/mol. The van der Waals surface area contributed by atoms with Gasteiger partial charge < -0.3 is 10.1 Å². The predicted molar refractivity (Wildman–Crippen MR) is 48.9 cm³/mol.